The topological polar surface area (TPSA) is 43.8 Å². The second-order valence-electron chi connectivity index (χ2n) is 4.46. The highest BCUT2D eigenvalue weighted by atomic mass is 16.3. The Balaban J connectivity index is 1.96. The van der Waals surface area contributed by atoms with Gasteiger partial charge in [0.1, 0.15) is 5.75 Å². The van der Waals surface area contributed by atoms with E-state index in [9.17, 15) is 9.90 Å². The molecule has 0 aromatic heterocycles. The van der Waals surface area contributed by atoms with E-state index in [4.69, 9.17) is 0 Å². The number of phenols is 1. The van der Waals surface area contributed by atoms with E-state index in [1.165, 1.54) is 0 Å². The third-order valence-electron chi connectivity index (χ3n) is 3.10. The van der Waals surface area contributed by atoms with Gasteiger partial charge in [0.05, 0.1) is 6.54 Å². The van der Waals surface area contributed by atoms with Gasteiger partial charge < -0.3 is 14.9 Å². The Morgan fingerprint density at radius 1 is 1.41 bits per heavy atom. The summed E-state index contributed by atoms with van der Waals surface area (Å²) in [5.74, 6) is 0.385. The Morgan fingerprint density at radius 2 is 2.12 bits per heavy atom. The molecule has 1 amide bonds. The van der Waals surface area contributed by atoms with Crippen molar-refractivity contribution in [3.8, 4) is 5.75 Å². The molecule has 1 fully saturated rings. The lowest BCUT2D eigenvalue weighted by molar-refractivity contribution is -0.128. The molecular weight excluding hydrogens is 216 g/mol. The number of rotatable bonds is 3. The van der Waals surface area contributed by atoms with Crippen molar-refractivity contribution in [3.63, 3.8) is 0 Å². The van der Waals surface area contributed by atoms with Gasteiger partial charge >= 0.3 is 0 Å². The van der Waals surface area contributed by atoms with Crippen molar-refractivity contribution in [2.75, 3.05) is 31.6 Å². The number of phenolic OH excluding ortho intramolecular Hbond substituents is 1. The molecule has 1 saturated heterocycles. The lowest BCUT2D eigenvalue weighted by Crippen LogP contribution is -2.37. The summed E-state index contributed by atoms with van der Waals surface area (Å²) < 4.78 is 0. The fourth-order valence-electron chi connectivity index (χ4n) is 2.09. The Bertz CT molecular complexity index is 400. The van der Waals surface area contributed by atoms with Gasteiger partial charge in [-0.2, -0.15) is 0 Å². The van der Waals surface area contributed by atoms with E-state index >= 15 is 0 Å². The molecule has 0 radical (unpaired) electrons. The standard InChI is InChI=1S/C13H18N2O2/c1-14(11-5-4-6-12(16)9-11)10-13(17)15-7-2-3-8-15/h4-6,9,16H,2-3,7-8,10H2,1H3. The number of aromatic hydroxyl groups is 1. The van der Waals surface area contributed by atoms with Gasteiger partial charge in [-0.15, -0.1) is 0 Å². The van der Waals surface area contributed by atoms with E-state index in [0.717, 1.165) is 31.6 Å². The minimum absolute atomic E-state index is 0.161. The van der Waals surface area contributed by atoms with Crippen molar-refractivity contribution in [2.24, 2.45) is 0 Å². The van der Waals surface area contributed by atoms with E-state index in [1.54, 1.807) is 18.2 Å². The van der Waals surface area contributed by atoms with Gasteiger partial charge in [0.25, 0.3) is 0 Å². The number of likely N-dealkylation sites (tertiary alicyclic amines) is 1. The first-order valence-electron chi connectivity index (χ1n) is 5.95. The van der Waals surface area contributed by atoms with Crippen LogP contribution in [-0.4, -0.2) is 42.6 Å². The van der Waals surface area contributed by atoms with Crippen molar-refractivity contribution in [1.29, 1.82) is 0 Å². The molecule has 1 N–H and O–H groups in total. The van der Waals surface area contributed by atoms with Crippen molar-refractivity contribution < 1.29 is 9.90 Å². The molecule has 17 heavy (non-hydrogen) atoms. The van der Waals surface area contributed by atoms with E-state index < -0.39 is 0 Å². The number of carbonyl (C=O) groups excluding carboxylic acids is 1. The summed E-state index contributed by atoms with van der Waals surface area (Å²) in [4.78, 5) is 15.7. The lowest BCUT2D eigenvalue weighted by Gasteiger charge is -2.22. The summed E-state index contributed by atoms with van der Waals surface area (Å²) >= 11 is 0. The minimum atomic E-state index is 0.161. The van der Waals surface area contributed by atoms with Crippen molar-refractivity contribution in [1.82, 2.24) is 4.90 Å². The number of hydrogen-bond donors (Lipinski definition) is 1. The van der Waals surface area contributed by atoms with E-state index in [-0.39, 0.29) is 11.7 Å². The van der Waals surface area contributed by atoms with Gasteiger partial charge in [-0.05, 0) is 25.0 Å². The van der Waals surface area contributed by atoms with E-state index in [0.29, 0.717) is 6.54 Å². The van der Waals surface area contributed by atoms with Crippen LogP contribution in [0.2, 0.25) is 0 Å². The average molecular weight is 234 g/mol. The third-order valence-corrected chi connectivity index (χ3v) is 3.10. The van der Waals surface area contributed by atoms with E-state index in [2.05, 4.69) is 0 Å². The maximum Gasteiger partial charge on any atom is 0.242 e. The summed E-state index contributed by atoms with van der Waals surface area (Å²) in [5.41, 5.74) is 0.859. The monoisotopic (exact) mass is 234 g/mol. The number of carbonyl (C=O) groups is 1. The van der Waals surface area contributed by atoms with Gasteiger partial charge in [0.2, 0.25) is 5.91 Å². The summed E-state index contributed by atoms with van der Waals surface area (Å²) in [6.07, 6.45) is 2.23. The molecule has 1 aromatic rings. The molecule has 0 atom stereocenters. The fraction of sp³-hybridized carbons (Fsp3) is 0.462. The van der Waals surface area contributed by atoms with Crippen molar-refractivity contribution in [2.45, 2.75) is 12.8 Å². The predicted octanol–water partition coefficient (Wildman–Crippen LogP) is 1.45. The Morgan fingerprint density at radius 3 is 2.76 bits per heavy atom. The second kappa shape index (κ2) is 5.08. The Hall–Kier alpha value is -1.71. The highest BCUT2D eigenvalue weighted by Gasteiger charge is 2.19. The van der Waals surface area contributed by atoms with Crippen molar-refractivity contribution >= 4 is 11.6 Å². The van der Waals surface area contributed by atoms with Crippen LogP contribution < -0.4 is 4.90 Å². The maximum atomic E-state index is 11.9. The van der Waals surface area contributed by atoms with Gasteiger partial charge in [-0.25, -0.2) is 0 Å². The number of likely N-dealkylation sites (N-methyl/N-ethyl adjacent to an activating group) is 1. The molecule has 1 aliphatic heterocycles. The van der Waals surface area contributed by atoms with Crippen molar-refractivity contribution in [3.05, 3.63) is 24.3 Å². The smallest absolute Gasteiger partial charge is 0.242 e. The van der Waals surface area contributed by atoms with Crippen LogP contribution in [0.4, 0.5) is 5.69 Å². The second-order valence-corrected chi connectivity index (χ2v) is 4.46. The van der Waals surface area contributed by atoms with Crippen LogP contribution in [0.5, 0.6) is 5.75 Å². The van der Waals surface area contributed by atoms with Crippen LogP contribution in [0.1, 0.15) is 12.8 Å². The predicted molar refractivity (Wildman–Crippen MR) is 67.2 cm³/mol. The number of hydrogen-bond acceptors (Lipinski definition) is 3. The zero-order valence-corrected chi connectivity index (χ0v) is 10.1. The lowest BCUT2D eigenvalue weighted by atomic mass is 10.3. The molecule has 1 heterocycles. The van der Waals surface area contributed by atoms with Gasteiger partial charge in [-0.1, -0.05) is 6.07 Å². The molecule has 0 unspecified atom stereocenters. The Labute approximate surface area is 101 Å². The molecular formula is C13H18N2O2. The summed E-state index contributed by atoms with van der Waals surface area (Å²) in [7, 11) is 1.86. The molecule has 1 aliphatic rings. The van der Waals surface area contributed by atoms with Crippen LogP contribution in [0.3, 0.4) is 0 Å². The molecule has 0 spiro atoms. The van der Waals surface area contributed by atoms with Crippen LogP contribution in [0.25, 0.3) is 0 Å². The first-order chi connectivity index (χ1) is 8.16. The molecule has 4 heteroatoms. The molecule has 92 valence electrons. The first-order valence-corrected chi connectivity index (χ1v) is 5.95. The minimum Gasteiger partial charge on any atom is -0.508 e. The summed E-state index contributed by atoms with van der Waals surface area (Å²) in [6, 6.07) is 6.95. The molecule has 0 aliphatic carbocycles. The summed E-state index contributed by atoms with van der Waals surface area (Å²) in [5, 5.41) is 9.39. The first kappa shape index (κ1) is 11.8. The third kappa shape index (κ3) is 2.90. The Kier molecular flexibility index (Phi) is 3.52. The van der Waals surface area contributed by atoms with Gasteiger partial charge in [-0.3, -0.25) is 4.79 Å². The largest absolute Gasteiger partial charge is 0.508 e. The van der Waals surface area contributed by atoms with E-state index in [1.807, 2.05) is 22.9 Å². The highest BCUT2D eigenvalue weighted by molar-refractivity contribution is 5.81. The van der Waals surface area contributed by atoms with Gasteiger partial charge in [0, 0.05) is 31.9 Å². The number of amides is 1. The van der Waals surface area contributed by atoms with Crippen LogP contribution in [-0.2, 0) is 4.79 Å². The molecule has 1 aromatic carbocycles. The quantitative estimate of drug-likeness (QED) is 0.861. The highest BCUT2D eigenvalue weighted by Crippen LogP contribution is 2.19. The normalized spacial score (nSPS) is 15.0. The zero-order chi connectivity index (χ0) is 12.3. The van der Waals surface area contributed by atoms with Crippen LogP contribution in [0.15, 0.2) is 24.3 Å². The molecule has 0 bridgehead atoms. The molecule has 4 nitrogen and oxygen atoms in total. The number of anilines is 1. The SMILES string of the molecule is CN(CC(=O)N1CCCC1)c1cccc(O)c1. The average Bonchev–Trinajstić information content (AvgIpc) is 2.82. The maximum absolute atomic E-state index is 11.9. The molecule has 2 rings (SSSR count). The summed E-state index contributed by atoms with van der Waals surface area (Å²) in [6.45, 7) is 2.13. The fourth-order valence-corrected chi connectivity index (χ4v) is 2.09. The number of benzene rings is 1. The van der Waals surface area contributed by atoms with Gasteiger partial charge in [0.15, 0.2) is 0 Å². The van der Waals surface area contributed by atoms with Crippen LogP contribution >= 0.6 is 0 Å². The molecule has 0 saturated carbocycles. The zero-order valence-electron chi connectivity index (χ0n) is 10.1. The number of nitrogens with zero attached hydrogens (tertiary/aromatic N) is 2. The van der Waals surface area contributed by atoms with Crippen LogP contribution in [0, 0.1) is 0 Å².